The number of nitro benzene ring substituents is 1. The zero-order valence-corrected chi connectivity index (χ0v) is 14.4. The van der Waals surface area contributed by atoms with Gasteiger partial charge in [-0.25, -0.2) is 4.98 Å². The first-order valence-electron chi connectivity index (χ1n) is 9.13. The van der Waals surface area contributed by atoms with Gasteiger partial charge in [0, 0.05) is 25.2 Å². The highest BCUT2D eigenvalue weighted by Gasteiger charge is 2.36. The second-order valence-electron chi connectivity index (χ2n) is 7.30. The van der Waals surface area contributed by atoms with Crippen molar-refractivity contribution in [1.29, 1.82) is 0 Å². The Morgan fingerprint density at radius 3 is 2.84 bits per heavy atom. The van der Waals surface area contributed by atoms with Crippen LogP contribution in [0.15, 0.2) is 18.2 Å². The van der Waals surface area contributed by atoms with Crippen molar-refractivity contribution in [3.05, 3.63) is 34.1 Å². The molecule has 7 nitrogen and oxygen atoms in total. The Hall–Kier alpha value is -1.99. The maximum Gasteiger partial charge on any atom is 0.271 e. The molecule has 0 unspecified atom stereocenters. The van der Waals surface area contributed by atoms with Crippen molar-refractivity contribution in [3.63, 3.8) is 0 Å². The Labute approximate surface area is 146 Å². The van der Waals surface area contributed by atoms with E-state index in [1.54, 1.807) is 12.1 Å². The fraction of sp³-hybridized carbons (Fsp3) is 0.611. The van der Waals surface area contributed by atoms with Gasteiger partial charge in [0.25, 0.3) is 5.69 Å². The van der Waals surface area contributed by atoms with Crippen LogP contribution < -0.4 is 0 Å². The summed E-state index contributed by atoms with van der Waals surface area (Å²) in [5.41, 5.74) is 1.60. The molecule has 1 aliphatic heterocycles. The number of hydrogen-bond acceptors (Lipinski definition) is 5. The number of ether oxygens (including phenoxy) is 1. The number of nitrogens with zero attached hydrogens (tertiary/aromatic N) is 3. The summed E-state index contributed by atoms with van der Waals surface area (Å²) in [5.74, 6) is 0.862. The van der Waals surface area contributed by atoms with E-state index in [1.807, 2.05) is 0 Å². The molecule has 2 heterocycles. The van der Waals surface area contributed by atoms with Gasteiger partial charge in [-0.2, -0.15) is 0 Å². The quantitative estimate of drug-likeness (QED) is 0.681. The largest absolute Gasteiger partial charge is 0.372 e. The van der Waals surface area contributed by atoms with Crippen LogP contribution in [0.2, 0.25) is 0 Å². The van der Waals surface area contributed by atoms with Crippen LogP contribution in [-0.4, -0.2) is 45.1 Å². The molecular weight excluding hydrogens is 320 g/mol. The second-order valence-corrected chi connectivity index (χ2v) is 7.30. The number of H-pyrrole nitrogens is 1. The van der Waals surface area contributed by atoms with Gasteiger partial charge in [0.15, 0.2) is 0 Å². The first-order chi connectivity index (χ1) is 12.1. The highest BCUT2D eigenvalue weighted by atomic mass is 16.6. The van der Waals surface area contributed by atoms with Gasteiger partial charge < -0.3 is 9.72 Å². The van der Waals surface area contributed by atoms with E-state index in [9.17, 15) is 10.1 Å². The standard InChI is InChI=1S/C18H24N4O3/c23-22(24)14-5-6-15-16(11-14)20-17(19-15)12-21-9-10-25-18(13-21)7-3-1-2-4-8-18/h5-6,11H,1-4,7-10,12-13H2,(H,19,20). The monoisotopic (exact) mass is 344 g/mol. The molecule has 0 atom stereocenters. The minimum Gasteiger partial charge on any atom is -0.372 e. The van der Waals surface area contributed by atoms with E-state index in [4.69, 9.17) is 4.74 Å². The third-order valence-corrected chi connectivity index (χ3v) is 5.44. The van der Waals surface area contributed by atoms with E-state index < -0.39 is 0 Å². The van der Waals surface area contributed by atoms with Gasteiger partial charge in [-0.1, -0.05) is 25.7 Å². The van der Waals surface area contributed by atoms with Crippen LogP contribution in [0, 0.1) is 10.1 Å². The number of imidazole rings is 1. The number of fused-ring (bicyclic) bond motifs is 1. The summed E-state index contributed by atoms with van der Waals surface area (Å²) in [6.07, 6.45) is 7.43. The number of benzene rings is 1. The first-order valence-corrected chi connectivity index (χ1v) is 9.13. The van der Waals surface area contributed by atoms with Crippen LogP contribution in [0.5, 0.6) is 0 Å². The lowest BCUT2D eigenvalue weighted by Crippen LogP contribution is -2.51. The van der Waals surface area contributed by atoms with Gasteiger partial charge in [-0.15, -0.1) is 0 Å². The third-order valence-electron chi connectivity index (χ3n) is 5.44. The zero-order chi connectivity index (χ0) is 17.3. The Kier molecular flexibility index (Phi) is 4.43. The summed E-state index contributed by atoms with van der Waals surface area (Å²) in [7, 11) is 0. The van der Waals surface area contributed by atoms with E-state index in [0.717, 1.165) is 55.9 Å². The molecule has 0 amide bonds. The molecule has 0 bridgehead atoms. The predicted molar refractivity (Wildman–Crippen MR) is 94.4 cm³/mol. The van der Waals surface area contributed by atoms with Crippen molar-refractivity contribution >= 4 is 16.7 Å². The molecule has 2 aliphatic rings. The Morgan fingerprint density at radius 2 is 2.08 bits per heavy atom. The first kappa shape index (κ1) is 16.5. The topological polar surface area (TPSA) is 84.3 Å². The second kappa shape index (κ2) is 6.72. The number of nitrogens with one attached hydrogen (secondary N) is 1. The van der Waals surface area contributed by atoms with Gasteiger partial charge in [-0.3, -0.25) is 15.0 Å². The number of aromatic nitrogens is 2. The SMILES string of the molecule is O=[N+]([O-])c1ccc2nc(CN3CCOC4(CCCCCC4)C3)[nH]c2c1. The molecule has 1 aromatic carbocycles. The van der Waals surface area contributed by atoms with Gasteiger partial charge in [0.1, 0.15) is 5.82 Å². The summed E-state index contributed by atoms with van der Waals surface area (Å²) in [6.45, 7) is 3.35. The van der Waals surface area contributed by atoms with Gasteiger partial charge >= 0.3 is 0 Å². The maximum absolute atomic E-state index is 10.9. The van der Waals surface area contributed by atoms with Crippen molar-refractivity contribution in [2.45, 2.75) is 50.7 Å². The molecule has 1 saturated heterocycles. The summed E-state index contributed by atoms with van der Waals surface area (Å²) in [5, 5.41) is 10.9. The highest BCUT2D eigenvalue weighted by molar-refractivity contribution is 5.77. The van der Waals surface area contributed by atoms with Crippen molar-refractivity contribution < 1.29 is 9.66 Å². The molecule has 0 radical (unpaired) electrons. The van der Waals surface area contributed by atoms with Crippen LogP contribution in [0.25, 0.3) is 11.0 Å². The zero-order valence-electron chi connectivity index (χ0n) is 14.4. The van der Waals surface area contributed by atoms with Crippen molar-refractivity contribution in [3.8, 4) is 0 Å². The highest BCUT2D eigenvalue weighted by Crippen LogP contribution is 2.33. The van der Waals surface area contributed by atoms with Crippen molar-refractivity contribution in [2.75, 3.05) is 19.7 Å². The van der Waals surface area contributed by atoms with E-state index >= 15 is 0 Å². The van der Waals surface area contributed by atoms with Crippen LogP contribution in [-0.2, 0) is 11.3 Å². The normalized spacial score (nSPS) is 21.4. The molecule has 2 aromatic rings. The van der Waals surface area contributed by atoms with Crippen molar-refractivity contribution in [1.82, 2.24) is 14.9 Å². The molecule has 134 valence electrons. The molecule has 2 fully saturated rings. The molecular formula is C18H24N4O3. The summed E-state index contributed by atoms with van der Waals surface area (Å²) in [4.78, 5) is 20.8. The molecule has 1 spiro atoms. The van der Waals surface area contributed by atoms with Gasteiger partial charge in [-0.05, 0) is 18.9 Å². The Balaban J connectivity index is 1.49. The van der Waals surface area contributed by atoms with E-state index in [0.29, 0.717) is 0 Å². The molecule has 1 aliphatic carbocycles. The Morgan fingerprint density at radius 1 is 1.28 bits per heavy atom. The average Bonchev–Trinajstić information content (AvgIpc) is 2.86. The average molecular weight is 344 g/mol. The van der Waals surface area contributed by atoms with Gasteiger partial charge in [0.2, 0.25) is 0 Å². The van der Waals surface area contributed by atoms with E-state index in [-0.39, 0.29) is 16.2 Å². The van der Waals surface area contributed by atoms with E-state index in [2.05, 4.69) is 14.9 Å². The minimum absolute atomic E-state index is 0.0134. The molecule has 1 saturated carbocycles. The lowest BCUT2D eigenvalue weighted by atomic mass is 9.92. The third kappa shape index (κ3) is 3.52. The number of hydrogen-bond donors (Lipinski definition) is 1. The number of aromatic amines is 1. The minimum atomic E-state index is -0.377. The van der Waals surface area contributed by atoms with Crippen LogP contribution in [0.1, 0.15) is 44.3 Å². The maximum atomic E-state index is 10.9. The predicted octanol–water partition coefficient (Wildman–Crippen LogP) is 3.40. The fourth-order valence-corrected chi connectivity index (χ4v) is 4.18. The van der Waals surface area contributed by atoms with Gasteiger partial charge in [0.05, 0.1) is 34.7 Å². The molecule has 1 N–H and O–H groups in total. The van der Waals surface area contributed by atoms with Crippen molar-refractivity contribution in [2.24, 2.45) is 0 Å². The molecule has 7 heteroatoms. The van der Waals surface area contributed by atoms with E-state index in [1.165, 1.54) is 31.7 Å². The molecule has 1 aromatic heterocycles. The summed E-state index contributed by atoms with van der Waals surface area (Å²) >= 11 is 0. The van der Waals surface area contributed by atoms with Crippen LogP contribution >= 0.6 is 0 Å². The van der Waals surface area contributed by atoms with Crippen LogP contribution in [0.3, 0.4) is 0 Å². The Bertz CT molecular complexity index is 765. The lowest BCUT2D eigenvalue weighted by Gasteiger charge is -2.42. The molecule has 25 heavy (non-hydrogen) atoms. The number of morpholine rings is 1. The number of nitro groups is 1. The molecule has 4 rings (SSSR count). The number of rotatable bonds is 3. The smallest absolute Gasteiger partial charge is 0.271 e. The van der Waals surface area contributed by atoms with Crippen LogP contribution in [0.4, 0.5) is 5.69 Å². The lowest BCUT2D eigenvalue weighted by molar-refractivity contribution is -0.384. The fourth-order valence-electron chi connectivity index (χ4n) is 4.18. The summed E-state index contributed by atoms with van der Waals surface area (Å²) < 4.78 is 6.21. The number of non-ortho nitro benzene ring substituents is 1. The summed E-state index contributed by atoms with van der Waals surface area (Å²) in [6, 6.07) is 4.76.